The first kappa shape index (κ1) is 13.7. The maximum absolute atomic E-state index is 5.16. The third-order valence-corrected chi connectivity index (χ3v) is 3.37. The highest BCUT2D eigenvalue weighted by Crippen LogP contribution is 2.17. The molecule has 1 radical (unpaired) electrons. The van der Waals surface area contributed by atoms with Crippen LogP contribution in [0.3, 0.4) is 0 Å². The van der Waals surface area contributed by atoms with Crippen molar-refractivity contribution >= 4 is 0 Å². The standard InChI is InChI=1S/C18H21O/c1-15(14-17-6-4-3-5-7-17)8-9-16-10-12-18(19-2)13-11-16/h3-7,10-13,15H,1,8-9,14H2,2H3. The molecule has 0 saturated heterocycles. The van der Waals surface area contributed by atoms with Gasteiger partial charge < -0.3 is 4.74 Å². The van der Waals surface area contributed by atoms with E-state index in [1.54, 1.807) is 7.11 Å². The van der Waals surface area contributed by atoms with Gasteiger partial charge in [0.05, 0.1) is 7.11 Å². The highest BCUT2D eigenvalue weighted by atomic mass is 16.5. The smallest absolute Gasteiger partial charge is 0.118 e. The van der Waals surface area contributed by atoms with Gasteiger partial charge in [0.15, 0.2) is 0 Å². The van der Waals surface area contributed by atoms with Crippen molar-refractivity contribution in [2.75, 3.05) is 7.11 Å². The van der Waals surface area contributed by atoms with Gasteiger partial charge in [-0.25, -0.2) is 0 Å². The van der Waals surface area contributed by atoms with Crippen LogP contribution in [-0.2, 0) is 12.8 Å². The molecule has 1 unspecified atom stereocenters. The third kappa shape index (κ3) is 4.44. The summed E-state index contributed by atoms with van der Waals surface area (Å²) in [6.45, 7) is 4.26. The molecule has 0 amide bonds. The van der Waals surface area contributed by atoms with Crippen molar-refractivity contribution in [2.45, 2.75) is 19.3 Å². The molecule has 1 nitrogen and oxygen atoms in total. The summed E-state index contributed by atoms with van der Waals surface area (Å²) in [7, 11) is 1.70. The van der Waals surface area contributed by atoms with E-state index in [-0.39, 0.29) is 0 Å². The minimum atomic E-state index is 0.463. The Balaban J connectivity index is 1.81. The van der Waals surface area contributed by atoms with Gasteiger partial charge in [-0.2, -0.15) is 0 Å². The Hall–Kier alpha value is -1.76. The molecule has 2 aromatic carbocycles. The zero-order valence-electron chi connectivity index (χ0n) is 11.5. The molecule has 0 aliphatic heterocycles. The van der Waals surface area contributed by atoms with Crippen molar-refractivity contribution in [1.82, 2.24) is 0 Å². The summed E-state index contributed by atoms with van der Waals surface area (Å²) in [5.74, 6) is 1.38. The highest BCUT2D eigenvalue weighted by Gasteiger charge is 2.04. The molecule has 99 valence electrons. The van der Waals surface area contributed by atoms with E-state index < -0.39 is 0 Å². The number of methoxy groups -OCH3 is 1. The van der Waals surface area contributed by atoms with Crippen molar-refractivity contribution < 1.29 is 4.74 Å². The fraction of sp³-hybridized carbons (Fsp3) is 0.278. The van der Waals surface area contributed by atoms with E-state index in [0.717, 1.165) is 25.0 Å². The van der Waals surface area contributed by atoms with E-state index in [4.69, 9.17) is 4.74 Å². The zero-order chi connectivity index (χ0) is 13.5. The van der Waals surface area contributed by atoms with Crippen LogP contribution in [0.15, 0.2) is 54.6 Å². The van der Waals surface area contributed by atoms with E-state index in [9.17, 15) is 0 Å². The molecule has 19 heavy (non-hydrogen) atoms. The van der Waals surface area contributed by atoms with Crippen molar-refractivity contribution in [1.29, 1.82) is 0 Å². The molecule has 2 rings (SSSR count). The van der Waals surface area contributed by atoms with Crippen LogP contribution >= 0.6 is 0 Å². The molecule has 0 saturated carbocycles. The van der Waals surface area contributed by atoms with Gasteiger partial charge in [0.1, 0.15) is 5.75 Å². The molecule has 1 heteroatoms. The quantitative estimate of drug-likeness (QED) is 0.745. The van der Waals surface area contributed by atoms with Crippen LogP contribution < -0.4 is 4.74 Å². The lowest BCUT2D eigenvalue weighted by Crippen LogP contribution is -2.02. The summed E-state index contributed by atoms with van der Waals surface area (Å²) in [4.78, 5) is 0. The second-order valence-corrected chi connectivity index (χ2v) is 4.94. The maximum atomic E-state index is 5.16. The highest BCUT2D eigenvalue weighted by molar-refractivity contribution is 5.27. The Morgan fingerprint density at radius 1 is 0.947 bits per heavy atom. The maximum Gasteiger partial charge on any atom is 0.118 e. The molecule has 0 aliphatic carbocycles. The SMILES string of the molecule is [CH2]C(CCc1ccc(OC)cc1)Cc1ccccc1. The van der Waals surface area contributed by atoms with E-state index in [1.807, 2.05) is 12.1 Å². The minimum absolute atomic E-state index is 0.463. The van der Waals surface area contributed by atoms with Crippen LogP contribution in [0.25, 0.3) is 0 Å². The Morgan fingerprint density at radius 3 is 2.26 bits per heavy atom. The average molecular weight is 253 g/mol. The number of benzene rings is 2. The van der Waals surface area contributed by atoms with Crippen LogP contribution in [0.4, 0.5) is 0 Å². The predicted molar refractivity (Wildman–Crippen MR) is 80.3 cm³/mol. The second kappa shape index (κ2) is 6.98. The first-order valence-corrected chi connectivity index (χ1v) is 6.78. The van der Waals surface area contributed by atoms with Crippen molar-refractivity contribution in [3.05, 3.63) is 72.6 Å². The van der Waals surface area contributed by atoms with Crippen LogP contribution in [-0.4, -0.2) is 7.11 Å². The summed E-state index contributed by atoms with van der Waals surface area (Å²) in [6, 6.07) is 18.9. The van der Waals surface area contributed by atoms with Gasteiger partial charge in [-0.3, -0.25) is 0 Å². The number of hydrogen-bond donors (Lipinski definition) is 0. The molecular formula is C18H21O. The predicted octanol–water partition coefficient (Wildman–Crippen LogP) is 4.32. The summed E-state index contributed by atoms with van der Waals surface area (Å²) >= 11 is 0. The molecule has 0 aliphatic rings. The molecule has 0 bridgehead atoms. The monoisotopic (exact) mass is 253 g/mol. The van der Waals surface area contributed by atoms with E-state index in [2.05, 4.69) is 49.4 Å². The molecular weight excluding hydrogens is 232 g/mol. The zero-order valence-corrected chi connectivity index (χ0v) is 11.5. The molecule has 0 heterocycles. The number of aryl methyl sites for hydroxylation is 1. The summed E-state index contributed by atoms with van der Waals surface area (Å²) in [5.41, 5.74) is 2.72. The molecule has 0 spiro atoms. The normalized spacial score (nSPS) is 12.1. The Morgan fingerprint density at radius 2 is 1.63 bits per heavy atom. The van der Waals surface area contributed by atoms with E-state index in [0.29, 0.717) is 5.92 Å². The van der Waals surface area contributed by atoms with Gasteiger partial charge >= 0.3 is 0 Å². The van der Waals surface area contributed by atoms with Crippen LogP contribution in [0.1, 0.15) is 17.5 Å². The second-order valence-electron chi connectivity index (χ2n) is 4.94. The lowest BCUT2D eigenvalue weighted by molar-refractivity contribution is 0.414. The number of hydrogen-bond acceptors (Lipinski definition) is 1. The minimum Gasteiger partial charge on any atom is -0.497 e. The van der Waals surface area contributed by atoms with E-state index >= 15 is 0 Å². The Bertz CT molecular complexity index is 473. The lowest BCUT2D eigenvalue weighted by atomic mass is 9.94. The topological polar surface area (TPSA) is 9.23 Å². The van der Waals surface area contributed by atoms with Gasteiger partial charge in [0.2, 0.25) is 0 Å². The summed E-state index contributed by atoms with van der Waals surface area (Å²) in [5, 5.41) is 0. The van der Waals surface area contributed by atoms with Crippen LogP contribution in [0, 0.1) is 12.8 Å². The average Bonchev–Trinajstić information content (AvgIpc) is 2.47. The van der Waals surface area contributed by atoms with Gasteiger partial charge in [0.25, 0.3) is 0 Å². The van der Waals surface area contributed by atoms with Crippen LogP contribution in [0.5, 0.6) is 5.75 Å². The van der Waals surface area contributed by atoms with Crippen LogP contribution in [0.2, 0.25) is 0 Å². The fourth-order valence-electron chi connectivity index (χ4n) is 2.21. The number of ether oxygens (including phenoxy) is 1. The molecule has 2 aromatic rings. The van der Waals surface area contributed by atoms with Crippen molar-refractivity contribution in [3.63, 3.8) is 0 Å². The Kier molecular flexibility index (Phi) is 5.02. The van der Waals surface area contributed by atoms with Gasteiger partial charge in [0, 0.05) is 0 Å². The van der Waals surface area contributed by atoms with Gasteiger partial charge in [-0.15, -0.1) is 0 Å². The number of rotatable bonds is 6. The first-order valence-electron chi connectivity index (χ1n) is 6.78. The van der Waals surface area contributed by atoms with E-state index in [1.165, 1.54) is 11.1 Å². The third-order valence-electron chi connectivity index (χ3n) is 3.37. The molecule has 0 fully saturated rings. The van der Waals surface area contributed by atoms with Crippen molar-refractivity contribution in [2.24, 2.45) is 5.92 Å². The molecule has 1 atom stereocenters. The van der Waals surface area contributed by atoms with Gasteiger partial charge in [-0.1, -0.05) is 42.5 Å². The van der Waals surface area contributed by atoms with Gasteiger partial charge in [-0.05, 0) is 55.4 Å². The molecule has 0 aromatic heterocycles. The largest absolute Gasteiger partial charge is 0.497 e. The van der Waals surface area contributed by atoms with Crippen molar-refractivity contribution in [3.8, 4) is 5.75 Å². The summed E-state index contributed by atoms with van der Waals surface area (Å²) < 4.78 is 5.16. The Labute approximate surface area is 116 Å². The first-order chi connectivity index (χ1) is 9.28. The lowest BCUT2D eigenvalue weighted by Gasteiger charge is -2.11. The summed E-state index contributed by atoms with van der Waals surface area (Å²) in [6.07, 6.45) is 3.24. The molecule has 0 N–H and O–H groups in total. The fourth-order valence-corrected chi connectivity index (χ4v) is 2.21.